The van der Waals surface area contributed by atoms with Gasteiger partial charge in [0.2, 0.25) is 0 Å². The van der Waals surface area contributed by atoms with Crippen molar-refractivity contribution in [3.05, 3.63) is 174 Å². The van der Waals surface area contributed by atoms with Crippen LogP contribution in [-0.2, 0) is 0 Å². The van der Waals surface area contributed by atoms with Gasteiger partial charge in [-0.25, -0.2) is 0 Å². The van der Waals surface area contributed by atoms with Crippen LogP contribution in [0.2, 0.25) is 0 Å². The molecule has 0 spiro atoms. The number of aryl methyl sites for hydroxylation is 1. The van der Waals surface area contributed by atoms with E-state index in [2.05, 4.69) is 190 Å². The molecule has 0 atom stereocenters. The predicted octanol–water partition coefficient (Wildman–Crippen LogP) is 11.2. The van der Waals surface area contributed by atoms with Gasteiger partial charge in [-0.3, -0.25) is 0 Å². The van der Waals surface area contributed by atoms with Gasteiger partial charge in [0.15, 0.2) is 0 Å². The summed E-state index contributed by atoms with van der Waals surface area (Å²) in [6.45, 7) is 2.22. The van der Waals surface area contributed by atoms with Gasteiger partial charge in [-0.1, -0.05) is 103 Å². The van der Waals surface area contributed by atoms with Crippen LogP contribution in [0.15, 0.2) is 158 Å². The minimum atomic E-state index is 1.14. The van der Waals surface area contributed by atoms with Crippen LogP contribution in [0.4, 0.5) is 0 Å². The summed E-state index contributed by atoms with van der Waals surface area (Å²) < 4.78 is 7.26. The van der Waals surface area contributed by atoms with Crippen molar-refractivity contribution in [2.45, 2.75) is 19.8 Å². The van der Waals surface area contributed by atoms with Crippen LogP contribution in [0.25, 0.3) is 94.3 Å². The average molecular weight is 666 g/mol. The Bertz CT molecular complexity index is 3290. The van der Waals surface area contributed by atoms with Crippen molar-refractivity contribution in [1.29, 1.82) is 0 Å². The number of rotatable bonds is 2. The molecule has 1 aliphatic carbocycles. The van der Waals surface area contributed by atoms with Crippen LogP contribution < -0.4 is 10.6 Å². The summed E-state index contributed by atoms with van der Waals surface area (Å²) in [7, 11) is 0. The number of aromatic nitrogens is 3. The van der Waals surface area contributed by atoms with Gasteiger partial charge in [0.05, 0.1) is 33.1 Å². The summed E-state index contributed by atoms with van der Waals surface area (Å²) in [5.74, 6) is 0. The molecule has 3 heteroatoms. The van der Waals surface area contributed by atoms with Gasteiger partial charge in [0, 0.05) is 59.6 Å². The lowest BCUT2D eigenvalue weighted by Crippen LogP contribution is -2.30. The molecule has 0 fully saturated rings. The van der Waals surface area contributed by atoms with E-state index in [-0.39, 0.29) is 0 Å². The average Bonchev–Trinajstić information content (AvgIpc) is 3.92. The van der Waals surface area contributed by atoms with Gasteiger partial charge in [-0.2, -0.15) is 0 Å². The molecule has 7 aromatic carbocycles. The Morgan fingerprint density at radius 2 is 0.942 bits per heavy atom. The molecule has 3 nitrogen and oxygen atoms in total. The molecule has 52 heavy (non-hydrogen) atoms. The van der Waals surface area contributed by atoms with E-state index in [1.54, 1.807) is 0 Å². The fourth-order valence-electron chi connectivity index (χ4n) is 9.05. The first-order chi connectivity index (χ1) is 25.8. The molecule has 4 heterocycles. The highest BCUT2D eigenvalue weighted by Crippen LogP contribution is 2.45. The first kappa shape index (κ1) is 29.2. The Kier molecular flexibility index (Phi) is 6.29. The first-order valence-electron chi connectivity index (χ1n) is 18.3. The minimum Gasteiger partial charge on any atom is -0.310 e. The Hall–Kier alpha value is -6.58. The lowest BCUT2D eigenvalue weighted by Gasteiger charge is -2.07. The highest BCUT2D eigenvalue weighted by atomic mass is 15.0. The molecule has 0 N–H and O–H groups in total. The molecule has 0 saturated heterocycles. The van der Waals surface area contributed by atoms with Gasteiger partial charge in [-0.05, 0) is 92.1 Å². The zero-order valence-electron chi connectivity index (χ0n) is 28.9. The van der Waals surface area contributed by atoms with Crippen molar-refractivity contribution in [2.75, 3.05) is 0 Å². The SMILES string of the molecule is C1=c2c(n(-c3ccccc3)c3ccccc23)=CCC1.Cc1cc2c3ccccc3n3c4ccc5c(c6ccccc6n5-c5ccccc5)c4c(c1)c23. The predicted molar refractivity (Wildman–Crippen MR) is 221 cm³/mol. The Balaban J connectivity index is 0.000000143. The topological polar surface area (TPSA) is 14.3 Å². The number of fused-ring (bicyclic) bond motifs is 13. The van der Waals surface area contributed by atoms with Crippen LogP contribution in [0.5, 0.6) is 0 Å². The van der Waals surface area contributed by atoms with E-state index in [1.165, 1.54) is 98.3 Å². The molecule has 0 saturated carbocycles. The second-order valence-electron chi connectivity index (χ2n) is 14.1. The van der Waals surface area contributed by atoms with Crippen molar-refractivity contribution in [2.24, 2.45) is 0 Å². The standard InChI is InChI=1S/C31H20N2.C18H15N/c1-19-17-23-21-11-5-7-13-25(21)33-28-16-15-27-29(30(28)24(18-19)31(23)33)22-12-6-8-14-26(22)32(27)20-9-3-2-4-10-20;1-2-8-14(9-3-1)19-17-12-6-4-10-15(17)16-11-5-7-13-18(16)19/h2-18H,1H3;1-4,6,8-13H,5,7H2. The van der Waals surface area contributed by atoms with E-state index in [0.717, 1.165) is 12.8 Å². The summed E-state index contributed by atoms with van der Waals surface area (Å²) in [5.41, 5.74) is 11.4. The molecule has 0 amide bonds. The van der Waals surface area contributed by atoms with Gasteiger partial charge < -0.3 is 13.5 Å². The van der Waals surface area contributed by atoms with Crippen LogP contribution in [0.3, 0.4) is 0 Å². The van der Waals surface area contributed by atoms with E-state index < -0.39 is 0 Å². The zero-order valence-corrected chi connectivity index (χ0v) is 28.9. The summed E-state index contributed by atoms with van der Waals surface area (Å²) >= 11 is 0. The second kappa shape index (κ2) is 11.2. The van der Waals surface area contributed by atoms with E-state index in [4.69, 9.17) is 0 Å². The molecule has 0 bridgehead atoms. The van der Waals surface area contributed by atoms with Crippen LogP contribution >= 0.6 is 0 Å². The molecule has 12 rings (SSSR count). The third kappa shape index (κ3) is 4.08. The first-order valence-corrected chi connectivity index (χ1v) is 18.3. The van der Waals surface area contributed by atoms with Gasteiger partial charge in [0.1, 0.15) is 0 Å². The van der Waals surface area contributed by atoms with Gasteiger partial charge >= 0.3 is 0 Å². The van der Waals surface area contributed by atoms with E-state index in [9.17, 15) is 0 Å². The lowest BCUT2D eigenvalue weighted by molar-refractivity contribution is 1.02. The van der Waals surface area contributed by atoms with Gasteiger partial charge in [-0.15, -0.1) is 0 Å². The van der Waals surface area contributed by atoms with Crippen LogP contribution in [-0.4, -0.2) is 13.5 Å². The number of hydrogen-bond donors (Lipinski definition) is 0. The van der Waals surface area contributed by atoms with Crippen molar-refractivity contribution in [3.63, 3.8) is 0 Å². The second-order valence-corrected chi connectivity index (χ2v) is 14.1. The number of benzene rings is 7. The highest BCUT2D eigenvalue weighted by Gasteiger charge is 2.22. The van der Waals surface area contributed by atoms with Crippen molar-refractivity contribution in [1.82, 2.24) is 13.5 Å². The van der Waals surface area contributed by atoms with E-state index >= 15 is 0 Å². The quantitative estimate of drug-likeness (QED) is 0.175. The van der Waals surface area contributed by atoms with Crippen molar-refractivity contribution in [3.8, 4) is 11.4 Å². The Labute approximate surface area is 300 Å². The number of para-hydroxylation sites is 5. The van der Waals surface area contributed by atoms with Gasteiger partial charge in [0.25, 0.3) is 0 Å². The Morgan fingerprint density at radius 1 is 0.404 bits per heavy atom. The molecule has 11 aromatic rings. The maximum absolute atomic E-state index is 2.48. The third-order valence-corrected chi connectivity index (χ3v) is 11.1. The fourth-order valence-corrected chi connectivity index (χ4v) is 9.05. The largest absolute Gasteiger partial charge is 0.310 e. The fraction of sp³-hybridized carbons (Fsp3) is 0.0612. The minimum absolute atomic E-state index is 1.14. The lowest BCUT2D eigenvalue weighted by atomic mass is 10.0. The normalized spacial score (nSPS) is 12.9. The van der Waals surface area contributed by atoms with Crippen LogP contribution in [0.1, 0.15) is 18.4 Å². The van der Waals surface area contributed by atoms with Crippen molar-refractivity contribution < 1.29 is 0 Å². The molecular weight excluding hydrogens is 631 g/mol. The number of nitrogens with zero attached hydrogens (tertiary/aromatic N) is 3. The third-order valence-electron chi connectivity index (χ3n) is 11.1. The molecular formula is C49H35N3. The molecule has 1 aliphatic rings. The molecule has 246 valence electrons. The molecule has 0 aliphatic heterocycles. The number of hydrogen-bond acceptors (Lipinski definition) is 0. The summed E-state index contributed by atoms with van der Waals surface area (Å²) in [4.78, 5) is 0. The monoisotopic (exact) mass is 665 g/mol. The van der Waals surface area contributed by atoms with Crippen LogP contribution in [0, 0.1) is 6.92 Å². The van der Waals surface area contributed by atoms with E-state index in [1.807, 2.05) is 0 Å². The van der Waals surface area contributed by atoms with Crippen molar-refractivity contribution >= 4 is 83.0 Å². The maximum atomic E-state index is 2.48. The summed E-state index contributed by atoms with van der Waals surface area (Å²) in [5, 5.41) is 12.1. The van der Waals surface area contributed by atoms with E-state index in [0.29, 0.717) is 0 Å². The molecule has 0 unspecified atom stereocenters. The zero-order chi connectivity index (χ0) is 34.3. The maximum Gasteiger partial charge on any atom is 0.0620 e. The summed E-state index contributed by atoms with van der Waals surface area (Å²) in [6.07, 6.45) is 7.02. The molecule has 4 aromatic heterocycles. The smallest absolute Gasteiger partial charge is 0.0620 e. The Morgan fingerprint density at radius 3 is 1.69 bits per heavy atom. The highest BCUT2D eigenvalue weighted by molar-refractivity contribution is 6.33. The summed E-state index contributed by atoms with van der Waals surface area (Å²) in [6, 6.07) is 57.0. The molecule has 0 radical (unpaired) electrons.